The van der Waals surface area contributed by atoms with Crippen LogP contribution in [0.25, 0.3) is 0 Å². The van der Waals surface area contributed by atoms with Gasteiger partial charge in [-0.25, -0.2) is 4.39 Å². The lowest BCUT2D eigenvalue weighted by molar-refractivity contribution is -0.140. The number of benzene rings is 3. The Labute approximate surface area is 241 Å². The molecule has 0 saturated carbocycles. The highest BCUT2D eigenvalue weighted by Gasteiger charge is 2.36. The van der Waals surface area contributed by atoms with E-state index >= 15 is 0 Å². The van der Waals surface area contributed by atoms with Crippen molar-refractivity contribution in [3.63, 3.8) is 0 Å². The summed E-state index contributed by atoms with van der Waals surface area (Å²) in [5.74, 6) is -3.33. The number of nitrogens with zero attached hydrogens (tertiary/aromatic N) is 2. The summed E-state index contributed by atoms with van der Waals surface area (Å²) in [6.07, 6.45) is -4.98. The minimum Gasteiger partial charge on any atom is -0.365 e. The number of carbonyl (C=O) groups excluding carboxylic acids is 2. The van der Waals surface area contributed by atoms with Crippen molar-refractivity contribution in [2.75, 3.05) is 23.7 Å². The number of alkyl halides is 3. The summed E-state index contributed by atoms with van der Waals surface area (Å²) >= 11 is 12.5. The van der Waals surface area contributed by atoms with E-state index in [-0.39, 0.29) is 33.5 Å². The molecule has 3 aromatic carbocycles. The van der Waals surface area contributed by atoms with Crippen LogP contribution in [0.3, 0.4) is 0 Å². The van der Waals surface area contributed by atoms with Crippen LogP contribution in [-0.2, 0) is 17.0 Å². The van der Waals surface area contributed by atoms with Gasteiger partial charge in [-0.1, -0.05) is 29.3 Å². The van der Waals surface area contributed by atoms with Crippen LogP contribution in [0.2, 0.25) is 10.0 Å². The first-order valence-electron chi connectivity index (χ1n) is 12.2. The fourth-order valence-corrected chi connectivity index (χ4v) is 6.31. The number of Topliss-reactive ketones (excluding diaryl/α,β-unsaturated/α-hetero) is 1. The molecule has 0 radical (unpaired) electrons. The first kappa shape index (κ1) is 30.0. The highest BCUT2D eigenvalue weighted by atomic mass is 35.5. The first-order valence-corrected chi connectivity index (χ1v) is 14.3. The Morgan fingerprint density at radius 2 is 1.65 bits per heavy atom. The molecule has 4 rings (SSSR count). The quantitative estimate of drug-likeness (QED) is 0.224. The zero-order valence-electron chi connectivity index (χ0n) is 21.3. The van der Waals surface area contributed by atoms with E-state index in [9.17, 15) is 31.4 Å². The van der Waals surface area contributed by atoms with E-state index < -0.39 is 45.5 Å². The monoisotopic (exact) mass is 614 g/mol. The molecule has 1 fully saturated rings. The van der Waals surface area contributed by atoms with Crippen molar-refractivity contribution in [1.29, 1.82) is 0 Å². The van der Waals surface area contributed by atoms with Gasteiger partial charge in [0, 0.05) is 47.0 Å². The van der Waals surface area contributed by atoms with Gasteiger partial charge in [0.2, 0.25) is 0 Å². The molecule has 12 heteroatoms. The average Bonchev–Trinajstić information content (AvgIpc) is 2.89. The second kappa shape index (κ2) is 11.9. The Morgan fingerprint density at radius 3 is 2.30 bits per heavy atom. The summed E-state index contributed by atoms with van der Waals surface area (Å²) < 4.78 is 65.4. The molecule has 1 saturated heterocycles. The van der Waals surface area contributed by atoms with Crippen molar-refractivity contribution in [3.05, 3.63) is 93.2 Å². The highest BCUT2D eigenvalue weighted by molar-refractivity contribution is 7.86. The number of anilines is 1. The molecule has 5 nitrogen and oxygen atoms in total. The molecule has 0 aromatic heterocycles. The van der Waals surface area contributed by atoms with Gasteiger partial charge in [0.1, 0.15) is 5.82 Å². The van der Waals surface area contributed by atoms with Crippen LogP contribution in [0.1, 0.15) is 40.1 Å². The van der Waals surface area contributed by atoms with E-state index in [0.717, 1.165) is 11.8 Å². The molecule has 3 atom stereocenters. The van der Waals surface area contributed by atoms with E-state index in [1.807, 2.05) is 32.0 Å². The Morgan fingerprint density at radius 1 is 0.950 bits per heavy atom. The van der Waals surface area contributed by atoms with E-state index in [2.05, 4.69) is 4.90 Å². The molecule has 0 aliphatic carbocycles. The molecule has 1 aliphatic heterocycles. The second-order valence-corrected chi connectivity index (χ2v) is 11.7. The maximum atomic E-state index is 13.6. The van der Waals surface area contributed by atoms with Gasteiger partial charge in [0.15, 0.2) is 5.78 Å². The lowest BCUT2D eigenvalue weighted by Gasteiger charge is -2.46. The van der Waals surface area contributed by atoms with Crippen LogP contribution >= 0.6 is 23.2 Å². The van der Waals surface area contributed by atoms with Crippen LogP contribution < -0.4 is 4.90 Å². The van der Waals surface area contributed by atoms with E-state index in [4.69, 9.17) is 23.2 Å². The molecule has 0 spiro atoms. The van der Waals surface area contributed by atoms with Crippen molar-refractivity contribution < 1.29 is 31.4 Å². The van der Waals surface area contributed by atoms with E-state index in [1.165, 1.54) is 18.2 Å². The van der Waals surface area contributed by atoms with E-state index in [0.29, 0.717) is 30.2 Å². The van der Waals surface area contributed by atoms with E-state index in [1.54, 1.807) is 11.0 Å². The normalized spacial score (nSPS) is 18.5. The fraction of sp³-hybridized carbons (Fsp3) is 0.286. The Bertz CT molecular complexity index is 1480. The lowest BCUT2D eigenvalue weighted by Crippen LogP contribution is -2.59. The van der Waals surface area contributed by atoms with Crippen molar-refractivity contribution in [1.82, 2.24) is 4.90 Å². The van der Waals surface area contributed by atoms with Crippen LogP contribution in [0, 0.1) is 5.82 Å². The summed E-state index contributed by atoms with van der Waals surface area (Å²) in [7, 11) is -2.02. The largest absolute Gasteiger partial charge is 0.419 e. The zero-order chi connectivity index (χ0) is 29.4. The molecule has 1 heterocycles. The van der Waals surface area contributed by atoms with Crippen molar-refractivity contribution in [2.45, 2.75) is 37.0 Å². The predicted molar refractivity (Wildman–Crippen MR) is 147 cm³/mol. The second-order valence-electron chi connectivity index (χ2n) is 9.40. The number of rotatable bonds is 6. The SMILES string of the molecule is CC1C(C)N(c2cccc(Cl)c2)CCN1C(=O)c1ccc(S(=O)CC(=O)c2ccc(F)c(C(F)(F)F)c2)c(Cl)c1. The maximum Gasteiger partial charge on any atom is 0.419 e. The standard InChI is InChI=1S/C28H24Cl2F4N2O3S/c1-16-17(2)36(11-10-35(16)21-5-3-4-20(29)14-21)27(38)19-7-9-26(23(30)13-19)40(39)15-25(37)18-6-8-24(31)22(12-18)28(32,33)34/h3-9,12-14,16-17H,10-11,15H2,1-2H3. The van der Waals surface area contributed by atoms with Crippen LogP contribution in [0.5, 0.6) is 0 Å². The molecule has 3 aromatic rings. The molecule has 3 unspecified atom stereocenters. The molecule has 0 bridgehead atoms. The van der Waals surface area contributed by atoms with Gasteiger partial charge in [-0.15, -0.1) is 0 Å². The van der Waals surface area contributed by atoms with Gasteiger partial charge >= 0.3 is 6.18 Å². The number of hydrogen-bond acceptors (Lipinski definition) is 4. The zero-order valence-corrected chi connectivity index (χ0v) is 23.7. The third-order valence-electron chi connectivity index (χ3n) is 6.94. The van der Waals surface area contributed by atoms with Crippen molar-refractivity contribution in [3.8, 4) is 0 Å². The first-order chi connectivity index (χ1) is 18.8. The summed E-state index contributed by atoms with van der Waals surface area (Å²) in [5.41, 5.74) is -0.786. The van der Waals surface area contributed by atoms with Gasteiger partial charge < -0.3 is 9.80 Å². The smallest absolute Gasteiger partial charge is 0.365 e. The van der Waals surface area contributed by atoms with Crippen LogP contribution in [0.15, 0.2) is 65.6 Å². The number of halogens is 6. The maximum absolute atomic E-state index is 13.6. The Balaban J connectivity index is 1.46. The summed E-state index contributed by atoms with van der Waals surface area (Å²) in [4.78, 5) is 29.8. The van der Waals surface area contributed by atoms with Gasteiger partial charge in [-0.2, -0.15) is 13.2 Å². The Kier molecular flexibility index (Phi) is 8.92. The molecular weight excluding hydrogens is 591 g/mol. The average molecular weight is 615 g/mol. The summed E-state index contributed by atoms with van der Waals surface area (Å²) in [6, 6.07) is 13.3. The van der Waals surface area contributed by atoms with Gasteiger partial charge in [-0.3, -0.25) is 13.8 Å². The Hall–Kier alpha value is -2.95. The van der Waals surface area contributed by atoms with Crippen LogP contribution in [0.4, 0.5) is 23.2 Å². The molecule has 1 aliphatic rings. The van der Waals surface area contributed by atoms with Crippen molar-refractivity contribution in [2.24, 2.45) is 0 Å². The third kappa shape index (κ3) is 6.34. The molecule has 212 valence electrons. The molecular formula is C28H24Cl2F4N2O3S. The number of hydrogen-bond donors (Lipinski definition) is 0. The topological polar surface area (TPSA) is 57.7 Å². The third-order valence-corrected chi connectivity index (χ3v) is 8.97. The summed E-state index contributed by atoms with van der Waals surface area (Å²) in [5, 5.41) is 0.596. The number of piperazine rings is 1. The summed E-state index contributed by atoms with van der Waals surface area (Å²) in [6.45, 7) is 4.97. The lowest BCUT2D eigenvalue weighted by atomic mass is 10.0. The van der Waals surface area contributed by atoms with Gasteiger partial charge in [0.05, 0.1) is 32.0 Å². The van der Waals surface area contributed by atoms with Gasteiger partial charge in [-0.05, 0) is 68.4 Å². The van der Waals surface area contributed by atoms with Crippen LogP contribution in [-0.4, -0.2) is 51.7 Å². The van der Waals surface area contributed by atoms with Gasteiger partial charge in [0.25, 0.3) is 5.91 Å². The number of amides is 1. The molecule has 0 N–H and O–H groups in total. The fourth-order valence-electron chi connectivity index (χ4n) is 4.63. The van der Waals surface area contributed by atoms with Crippen molar-refractivity contribution >= 4 is 51.4 Å². The number of ketones is 1. The minimum atomic E-state index is -4.98. The molecule has 1 amide bonds. The minimum absolute atomic E-state index is 0.0197. The molecule has 40 heavy (non-hydrogen) atoms. The number of carbonyl (C=O) groups is 2. The highest BCUT2D eigenvalue weighted by Crippen LogP contribution is 2.33. The predicted octanol–water partition coefficient (Wildman–Crippen LogP) is 6.88.